The molecule has 0 spiro atoms. The molecular weight excluding hydrogens is 336 g/mol. The first kappa shape index (κ1) is 18.8. The van der Waals surface area contributed by atoms with Crippen LogP contribution in [0.3, 0.4) is 0 Å². The summed E-state index contributed by atoms with van der Waals surface area (Å²) in [6.07, 6.45) is 6.71. The second-order valence-electron chi connectivity index (χ2n) is 7.17. The maximum atomic E-state index is 12.7. The van der Waals surface area contributed by atoms with Gasteiger partial charge in [0.1, 0.15) is 0 Å². The lowest BCUT2D eigenvalue weighted by molar-refractivity contribution is 0.0729. The van der Waals surface area contributed by atoms with Gasteiger partial charge in [0, 0.05) is 19.6 Å². The fraction of sp³-hybridized carbons (Fsp3) is 0.684. The van der Waals surface area contributed by atoms with Gasteiger partial charge in [-0.3, -0.25) is 0 Å². The Morgan fingerprint density at radius 1 is 1.04 bits per heavy atom. The normalized spacial score (nSPS) is 20.6. The number of nitrogens with zero attached hydrogens (tertiary/aromatic N) is 1. The van der Waals surface area contributed by atoms with Gasteiger partial charge in [0.2, 0.25) is 10.0 Å². The number of hydrogen-bond acceptors (Lipinski definition) is 4. The summed E-state index contributed by atoms with van der Waals surface area (Å²) in [5.74, 6) is 0.854. The second-order valence-corrected chi connectivity index (χ2v) is 9.14. The van der Waals surface area contributed by atoms with E-state index in [4.69, 9.17) is 4.74 Å². The molecule has 0 aromatic heterocycles. The Labute approximate surface area is 151 Å². The summed E-state index contributed by atoms with van der Waals surface area (Å²) in [4.78, 5) is 0. The van der Waals surface area contributed by atoms with Crippen molar-refractivity contribution in [1.82, 2.24) is 9.62 Å². The number of sulfonamides is 1. The molecule has 3 rings (SSSR count). The minimum absolute atomic E-state index is 0.0777. The van der Waals surface area contributed by atoms with Gasteiger partial charge in [-0.2, -0.15) is 4.31 Å². The van der Waals surface area contributed by atoms with E-state index in [9.17, 15) is 8.42 Å². The maximum absolute atomic E-state index is 12.7. The summed E-state index contributed by atoms with van der Waals surface area (Å²) >= 11 is 0. The topological polar surface area (TPSA) is 58.6 Å². The van der Waals surface area contributed by atoms with Crippen molar-refractivity contribution in [1.29, 1.82) is 0 Å². The molecule has 6 heteroatoms. The lowest BCUT2D eigenvalue weighted by atomic mass is 9.89. The Kier molecular flexibility index (Phi) is 6.87. The number of morpholine rings is 1. The highest BCUT2D eigenvalue weighted by atomic mass is 32.2. The number of hydrogen-bond donors (Lipinski definition) is 1. The minimum Gasteiger partial charge on any atom is -0.379 e. The van der Waals surface area contributed by atoms with E-state index in [1.54, 1.807) is 4.31 Å². The van der Waals surface area contributed by atoms with Crippen molar-refractivity contribution < 1.29 is 13.2 Å². The lowest BCUT2D eigenvalue weighted by Crippen LogP contribution is -2.41. The molecule has 1 aromatic rings. The zero-order valence-electron chi connectivity index (χ0n) is 15.0. The average Bonchev–Trinajstić information content (AvgIpc) is 2.64. The van der Waals surface area contributed by atoms with Crippen molar-refractivity contribution >= 4 is 10.0 Å². The third-order valence-corrected chi connectivity index (χ3v) is 7.12. The van der Waals surface area contributed by atoms with Gasteiger partial charge >= 0.3 is 0 Å². The van der Waals surface area contributed by atoms with E-state index in [1.807, 2.05) is 24.3 Å². The Morgan fingerprint density at radius 2 is 1.72 bits per heavy atom. The number of rotatable bonds is 7. The summed E-state index contributed by atoms with van der Waals surface area (Å²) in [5, 5.41) is 3.55. The maximum Gasteiger partial charge on any atom is 0.218 e. The smallest absolute Gasteiger partial charge is 0.218 e. The summed E-state index contributed by atoms with van der Waals surface area (Å²) in [7, 11) is -3.28. The highest BCUT2D eigenvalue weighted by Crippen LogP contribution is 2.23. The molecule has 0 radical (unpaired) electrons. The van der Waals surface area contributed by atoms with Gasteiger partial charge in [0.05, 0.1) is 19.0 Å². The largest absolute Gasteiger partial charge is 0.379 e. The molecule has 2 aliphatic rings. The minimum atomic E-state index is -3.28. The predicted molar refractivity (Wildman–Crippen MR) is 99.7 cm³/mol. The summed E-state index contributed by atoms with van der Waals surface area (Å²) in [6, 6.07) is 7.89. The molecule has 5 nitrogen and oxygen atoms in total. The first-order valence-corrected chi connectivity index (χ1v) is 11.1. The van der Waals surface area contributed by atoms with Crippen molar-refractivity contribution in [2.75, 3.05) is 32.8 Å². The molecule has 0 unspecified atom stereocenters. The Hall–Kier alpha value is -0.950. The number of nitrogens with one attached hydrogen (secondary N) is 1. The van der Waals surface area contributed by atoms with Crippen LogP contribution in [0.5, 0.6) is 0 Å². The van der Waals surface area contributed by atoms with E-state index >= 15 is 0 Å². The van der Waals surface area contributed by atoms with Crippen LogP contribution in [-0.4, -0.2) is 45.6 Å². The molecule has 0 atom stereocenters. The van der Waals surface area contributed by atoms with Crippen LogP contribution in [0, 0.1) is 5.92 Å². The third kappa shape index (κ3) is 5.51. The third-order valence-electron chi connectivity index (χ3n) is 5.29. The van der Waals surface area contributed by atoms with Gasteiger partial charge < -0.3 is 10.1 Å². The van der Waals surface area contributed by atoms with E-state index in [0.29, 0.717) is 26.3 Å². The van der Waals surface area contributed by atoms with Crippen molar-refractivity contribution in [3.05, 3.63) is 35.4 Å². The molecule has 1 heterocycles. The van der Waals surface area contributed by atoms with Gasteiger partial charge in [0.15, 0.2) is 0 Å². The van der Waals surface area contributed by atoms with Crippen LogP contribution in [0.4, 0.5) is 0 Å². The van der Waals surface area contributed by atoms with Gasteiger partial charge in [-0.25, -0.2) is 8.42 Å². The van der Waals surface area contributed by atoms with Gasteiger partial charge in [-0.15, -0.1) is 0 Å². The molecule has 1 aromatic carbocycles. The van der Waals surface area contributed by atoms with Crippen molar-refractivity contribution in [3.63, 3.8) is 0 Å². The van der Waals surface area contributed by atoms with Crippen LogP contribution in [0.25, 0.3) is 0 Å². The molecule has 1 saturated heterocycles. The lowest BCUT2D eigenvalue weighted by Gasteiger charge is -2.26. The monoisotopic (exact) mass is 366 g/mol. The van der Waals surface area contributed by atoms with Crippen LogP contribution in [0.1, 0.15) is 43.2 Å². The van der Waals surface area contributed by atoms with Gasteiger partial charge in [-0.1, -0.05) is 43.5 Å². The molecule has 1 N–H and O–H groups in total. The second kappa shape index (κ2) is 9.12. The van der Waals surface area contributed by atoms with E-state index in [1.165, 1.54) is 32.1 Å². The van der Waals surface area contributed by atoms with Gasteiger partial charge in [0.25, 0.3) is 0 Å². The molecule has 25 heavy (non-hydrogen) atoms. The average molecular weight is 367 g/mol. The summed E-state index contributed by atoms with van der Waals surface area (Å²) < 4.78 is 32.2. The van der Waals surface area contributed by atoms with Crippen molar-refractivity contribution in [3.8, 4) is 0 Å². The number of ether oxygens (including phenoxy) is 1. The van der Waals surface area contributed by atoms with E-state index in [-0.39, 0.29) is 5.75 Å². The fourth-order valence-electron chi connectivity index (χ4n) is 3.79. The Bertz CT molecular complexity index is 636. The van der Waals surface area contributed by atoms with Crippen LogP contribution in [0.2, 0.25) is 0 Å². The van der Waals surface area contributed by atoms with Crippen LogP contribution < -0.4 is 5.32 Å². The zero-order valence-corrected chi connectivity index (χ0v) is 15.8. The number of benzene rings is 1. The summed E-state index contributed by atoms with van der Waals surface area (Å²) in [6.45, 7) is 3.68. The molecule has 2 fully saturated rings. The van der Waals surface area contributed by atoms with E-state index in [0.717, 1.165) is 30.1 Å². The Balaban J connectivity index is 1.58. The standard InChI is InChI=1S/C19H30N2O3S/c22-25(23,21-10-12-24-13-11-21)16-19-9-5-4-8-18(19)15-20-14-17-6-2-1-3-7-17/h4-5,8-9,17,20H,1-3,6-7,10-16H2. The molecule has 1 saturated carbocycles. The van der Waals surface area contributed by atoms with Crippen molar-refractivity contribution in [2.45, 2.75) is 44.4 Å². The molecular formula is C19H30N2O3S. The molecule has 0 amide bonds. The first-order valence-electron chi connectivity index (χ1n) is 9.48. The molecule has 140 valence electrons. The fourth-order valence-corrected chi connectivity index (χ4v) is 5.35. The highest BCUT2D eigenvalue weighted by Gasteiger charge is 2.25. The summed E-state index contributed by atoms with van der Waals surface area (Å²) in [5.41, 5.74) is 2.00. The SMILES string of the molecule is O=S(=O)(Cc1ccccc1CNCC1CCCCC1)N1CCOCC1. The zero-order chi connectivity index (χ0) is 17.5. The van der Waals surface area contributed by atoms with E-state index < -0.39 is 10.0 Å². The highest BCUT2D eigenvalue weighted by molar-refractivity contribution is 7.88. The first-order chi connectivity index (χ1) is 12.1. The van der Waals surface area contributed by atoms with Crippen LogP contribution >= 0.6 is 0 Å². The van der Waals surface area contributed by atoms with Crippen LogP contribution in [0.15, 0.2) is 24.3 Å². The molecule has 0 bridgehead atoms. The predicted octanol–water partition coefficient (Wildman–Crippen LogP) is 2.52. The molecule has 1 aliphatic heterocycles. The quantitative estimate of drug-likeness (QED) is 0.806. The van der Waals surface area contributed by atoms with E-state index in [2.05, 4.69) is 5.32 Å². The van der Waals surface area contributed by atoms with Crippen molar-refractivity contribution in [2.24, 2.45) is 5.92 Å². The molecule has 1 aliphatic carbocycles. The van der Waals surface area contributed by atoms with Crippen LogP contribution in [-0.2, 0) is 27.1 Å². The Morgan fingerprint density at radius 3 is 2.44 bits per heavy atom. The van der Waals surface area contributed by atoms with Gasteiger partial charge in [-0.05, 0) is 36.4 Å².